The van der Waals surface area contributed by atoms with Gasteiger partial charge < -0.3 is 15.2 Å². The van der Waals surface area contributed by atoms with Crippen molar-refractivity contribution in [1.82, 2.24) is 4.98 Å². The number of esters is 1. The first kappa shape index (κ1) is 13.9. The fourth-order valence-electron chi connectivity index (χ4n) is 1.72. The van der Waals surface area contributed by atoms with Crippen molar-refractivity contribution < 1.29 is 14.3 Å². The van der Waals surface area contributed by atoms with Crippen LogP contribution in [0.1, 0.15) is 23.0 Å². The Morgan fingerprint density at radius 1 is 1.25 bits per heavy atom. The Morgan fingerprint density at radius 2 is 2.10 bits per heavy atom. The Bertz CT molecular complexity index is 585. The van der Waals surface area contributed by atoms with Gasteiger partial charge in [-0.15, -0.1) is 0 Å². The highest BCUT2D eigenvalue weighted by molar-refractivity contribution is 5.94. The third-order valence-corrected chi connectivity index (χ3v) is 2.63. The number of rotatable bonds is 5. The van der Waals surface area contributed by atoms with Gasteiger partial charge in [0, 0.05) is 6.20 Å². The normalized spacial score (nSPS) is 10.1. The molecule has 0 fully saturated rings. The van der Waals surface area contributed by atoms with Crippen molar-refractivity contribution in [2.45, 2.75) is 13.5 Å². The van der Waals surface area contributed by atoms with Gasteiger partial charge >= 0.3 is 5.97 Å². The number of hydrogen-bond acceptors (Lipinski definition) is 5. The molecule has 0 aliphatic carbocycles. The third-order valence-electron chi connectivity index (χ3n) is 2.63. The Hall–Kier alpha value is -2.56. The summed E-state index contributed by atoms with van der Waals surface area (Å²) in [5, 5.41) is 0. The molecule has 2 aromatic rings. The molecule has 0 aliphatic rings. The maximum Gasteiger partial charge on any atom is 0.342 e. The van der Waals surface area contributed by atoms with Gasteiger partial charge in [-0.05, 0) is 31.2 Å². The summed E-state index contributed by atoms with van der Waals surface area (Å²) in [6.45, 7) is 2.37. The summed E-state index contributed by atoms with van der Waals surface area (Å²) in [7, 11) is 0. The van der Waals surface area contributed by atoms with Gasteiger partial charge in [-0.2, -0.15) is 0 Å². The minimum Gasteiger partial charge on any atom is -0.491 e. The van der Waals surface area contributed by atoms with E-state index in [1.165, 1.54) is 0 Å². The average Bonchev–Trinajstić information content (AvgIpc) is 2.48. The highest BCUT2D eigenvalue weighted by Gasteiger charge is 2.16. The zero-order valence-corrected chi connectivity index (χ0v) is 11.2. The van der Waals surface area contributed by atoms with E-state index in [-0.39, 0.29) is 6.61 Å². The number of aromatic nitrogens is 1. The van der Waals surface area contributed by atoms with Crippen LogP contribution >= 0.6 is 0 Å². The van der Waals surface area contributed by atoms with Crippen molar-refractivity contribution in [3.63, 3.8) is 0 Å². The van der Waals surface area contributed by atoms with Gasteiger partial charge in [0.05, 0.1) is 18.0 Å². The first-order valence-corrected chi connectivity index (χ1v) is 6.30. The van der Waals surface area contributed by atoms with E-state index in [1.54, 1.807) is 36.5 Å². The molecule has 0 aliphatic heterocycles. The molecule has 0 saturated heterocycles. The second kappa shape index (κ2) is 6.56. The van der Waals surface area contributed by atoms with Crippen LogP contribution < -0.4 is 10.5 Å². The zero-order valence-electron chi connectivity index (χ0n) is 11.2. The van der Waals surface area contributed by atoms with Crippen LogP contribution in [0.5, 0.6) is 5.75 Å². The third kappa shape index (κ3) is 3.26. The summed E-state index contributed by atoms with van der Waals surface area (Å²) < 4.78 is 10.6. The lowest BCUT2D eigenvalue weighted by Gasteiger charge is -2.12. The van der Waals surface area contributed by atoms with E-state index in [0.717, 1.165) is 0 Å². The summed E-state index contributed by atoms with van der Waals surface area (Å²) in [6.07, 6.45) is 1.65. The Morgan fingerprint density at radius 3 is 2.80 bits per heavy atom. The van der Waals surface area contributed by atoms with E-state index in [4.69, 9.17) is 15.2 Å². The molecule has 5 nitrogen and oxygen atoms in total. The van der Waals surface area contributed by atoms with Gasteiger partial charge in [-0.3, -0.25) is 4.98 Å². The van der Waals surface area contributed by atoms with Crippen LogP contribution in [0.4, 0.5) is 5.69 Å². The summed E-state index contributed by atoms with van der Waals surface area (Å²) in [6, 6.07) is 10.4. The molecule has 1 aromatic heterocycles. The van der Waals surface area contributed by atoms with E-state index in [9.17, 15) is 4.79 Å². The van der Waals surface area contributed by atoms with Crippen molar-refractivity contribution in [3.8, 4) is 5.75 Å². The van der Waals surface area contributed by atoms with Crippen LogP contribution in [-0.2, 0) is 11.3 Å². The molecule has 1 heterocycles. The van der Waals surface area contributed by atoms with Gasteiger partial charge in [0.1, 0.15) is 12.2 Å². The molecular weight excluding hydrogens is 256 g/mol. The molecule has 0 spiro atoms. The minimum atomic E-state index is -0.480. The van der Waals surface area contributed by atoms with Gasteiger partial charge in [0.2, 0.25) is 0 Å². The van der Waals surface area contributed by atoms with Gasteiger partial charge in [-0.1, -0.05) is 12.1 Å². The molecule has 0 atom stereocenters. The smallest absolute Gasteiger partial charge is 0.342 e. The highest BCUT2D eigenvalue weighted by Crippen LogP contribution is 2.27. The first-order valence-electron chi connectivity index (χ1n) is 6.30. The van der Waals surface area contributed by atoms with E-state index < -0.39 is 5.97 Å². The zero-order chi connectivity index (χ0) is 14.4. The molecule has 0 radical (unpaired) electrons. The van der Waals surface area contributed by atoms with Crippen molar-refractivity contribution in [1.29, 1.82) is 0 Å². The lowest BCUT2D eigenvalue weighted by molar-refractivity contribution is 0.0463. The van der Waals surface area contributed by atoms with Crippen LogP contribution in [0.3, 0.4) is 0 Å². The number of anilines is 1. The van der Waals surface area contributed by atoms with Crippen LogP contribution in [0.2, 0.25) is 0 Å². The molecule has 20 heavy (non-hydrogen) atoms. The van der Waals surface area contributed by atoms with Crippen molar-refractivity contribution in [2.24, 2.45) is 0 Å². The largest absolute Gasteiger partial charge is 0.491 e. The van der Waals surface area contributed by atoms with E-state index >= 15 is 0 Å². The molecule has 5 heteroatoms. The molecular formula is C15H16N2O3. The number of carbonyl (C=O) groups excluding carboxylic acids is 1. The molecule has 2 N–H and O–H groups in total. The maximum absolute atomic E-state index is 12.1. The SMILES string of the molecule is CCOc1c(N)cccc1C(=O)OCc1ccccn1. The molecule has 0 bridgehead atoms. The quantitative estimate of drug-likeness (QED) is 0.668. The second-order valence-electron chi connectivity index (χ2n) is 4.05. The summed E-state index contributed by atoms with van der Waals surface area (Å²) in [4.78, 5) is 16.2. The van der Waals surface area contributed by atoms with E-state index in [0.29, 0.717) is 29.3 Å². The summed E-state index contributed by atoms with van der Waals surface area (Å²) in [5.41, 5.74) is 7.23. The maximum atomic E-state index is 12.1. The van der Waals surface area contributed by atoms with Gasteiger partial charge in [-0.25, -0.2) is 4.79 Å². The standard InChI is InChI=1S/C15H16N2O3/c1-2-19-14-12(7-5-8-13(14)16)15(18)20-10-11-6-3-4-9-17-11/h3-9H,2,10,16H2,1H3. The number of para-hydroxylation sites is 1. The first-order chi connectivity index (χ1) is 9.72. The molecule has 0 unspecified atom stereocenters. The van der Waals surface area contributed by atoms with Crippen LogP contribution in [0.25, 0.3) is 0 Å². The average molecular weight is 272 g/mol. The van der Waals surface area contributed by atoms with Gasteiger partial charge in [0.15, 0.2) is 5.75 Å². The Balaban J connectivity index is 2.11. The lowest BCUT2D eigenvalue weighted by atomic mass is 10.1. The lowest BCUT2D eigenvalue weighted by Crippen LogP contribution is -2.10. The van der Waals surface area contributed by atoms with Crippen molar-refractivity contribution >= 4 is 11.7 Å². The Kier molecular flexibility index (Phi) is 4.55. The fraction of sp³-hybridized carbons (Fsp3) is 0.200. The topological polar surface area (TPSA) is 74.4 Å². The number of nitrogens with two attached hydrogens (primary N) is 1. The van der Waals surface area contributed by atoms with Crippen LogP contribution in [-0.4, -0.2) is 17.6 Å². The van der Waals surface area contributed by atoms with Gasteiger partial charge in [0.25, 0.3) is 0 Å². The number of benzene rings is 1. The van der Waals surface area contributed by atoms with Crippen LogP contribution in [0, 0.1) is 0 Å². The molecule has 2 rings (SSSR count). The number of hydrogen-bond donors (Lipinski definition) is 1. The van der Waals surface area contributed by atoms with E-state index in [2.05, 4.69) is 4.98 Å². The minimum absolute atomic E-state index is 0.111. The molecule has 0 amide bonds. The second-order valence-corrected chi connectivity index (χ2v) is 4.05. The van der Waals surface area contributed by atoms with Crippen molar-refractivity contribution in [2.75, 3.05) is 12.3 Å². The highest BCUT2D eigenvalue weighted by atomic mass is 16.5. The molecule has 104 valence electrons. The monoisotopic (exact) mass is 272 g/mol. The predicted octanol–water partition coefficient (Wildman–Crippen LogP) is 2.42. The fourth-order valence-corrected chi connectivity index (χ4v) is 1.72. The number of ether oxygens (including phenoxy) is 2. The number of nitrogens with zero attached hydrogens (tertiary/aromatic N) is 1. The summed E-state index contributed by atoms with van der Waals surface area (Å²) >= 11 is 0. The number of nitrogen functional groups attached to an aromatic ring is 1. The predicted molar refractivity (Wildman–Crippen MR) is 75.4 cm³/mol. The Labute approximate surface area is 117 Å². The van der Waals surface area contributed by atoms with Crippen LogP contribution in [0.15, 0.2) is 42.6 Å². The number of carbonyl (C=O) groups is 1. The molecule has 0 saturated carbocycles. The van der Waals surface area contributed by atoms with E-state index in [1.807, 2.05) is 13.0 Å². The summed E-state index contributed by atoms with van der Waals surface area (Å²) in [5.74, 6) is -0.118. The van der Waals surface area contributed by atoms with Crippen molar-refractivity contribution in [3.05, 3.63) is 53.9 Å². The number of pyridine rings is 1. The molecule has 1 aromatic carbocycles.